The van der Waals surface area contributed by atoms with E-state index in [1.165, 1.54) is 16.5 Å². The van der Waals surface area contributed by atoms with Crippen LogP contribution in [0.2, 0.25) is 0 Å². The monoisotopic (exact) mass is 402 g/mol. The van der Waals surface area contributed by atoms with Crippen molar-refractivity contribution in [1.29, 1.82) is 0 Å². The van der Waals surface area contributed by atoms with Crippen LogP contribution in [-0.2, 0) is 11.9 Å². The van der Waals surface area contributed by atoms with Gasteiger partial charge in [0.25, 0.3) is 5.56 Å². The van der Waals surface area contributed by atoms with Crippen molar-refractivity contribution in [3.05, 3.63) is 76.1 Å². The van der Waals surface area contributed by atoms with E-state index >= 15 is 0 Å². The first-order valence-corrected chi connectivity index (χ1v) is 9.26. The average Bonchev–Trinajstić information content (AvgIpc) is 2.66. The van der Waals surface area contributed by atoms with E-state index in [0.29, 0.717) is 16.7 Å². The lowest BCUT2D eigenvalue weighted by Crippen LogP contribution is -2.16. The molecule has 0 amide bonds. The van der Waals surface area contributed by atoms with Crippen molar-refractivity contribution in [2.45, 2.75) is 23.9 Å². The molecule has 0 aliphatic rings. The molecular weight excluding hydrogens is 389 g/mol. The molecule has 4 aromatic rings. The number of alkyl halides is 3. The smallest absolute Gasteiger partial charge is 0.269 e. The number of halogens is 3. The van der Waals surface area contributed by atoms with Gasteiger partial charge in [-0.1, -0.05) is 36.0 Å². The Bertz CT molecular complexity index is 1250. The lowest BCUT2D eigenvalue weighted by atomic mass is 10.2. The molecule has 142 valence electrons. The number of aryl methyl sites for hydroxylation is 1. The largest absolute Gasteiger partial charge is 0.451 e. The topological polar surface area (TPSA) is 60.2 Å². The lowest BCUT2D eigenvalue weighted by Gasteiger charge is -2.10. The zero-order valence-corrected chi connectivity index (χ0v) is 15.4. The molecule has 0 unspecified atom stereocenters. The molecule has 0 fully saturated rings. The Labute approximate surface area is 161 Å². The fraction of sp³-hybridized carbons (Fsp3) is 0.158. The van der Waals surface area contributed by atoms with E-state index in [1.54, 1.807) is 30.5 Å². The first-order valence-electron chi connectivity index (χ1n) is 8.27. The van der Waals surface area contributed by atoms with Gasteiger partial charge in [-0.15, -0.1) is 0 Å². The highest BCUT2D eigenvalue weighted by atomic mass is 32.2. The van der Waals surface area contributed by atoms with Crippen LogP contribution in [0.5, 0.6) is 0 Å². The van der Waals surface area contributed by atoms with Gasteiger partial charge in [-0.05, 0) is 24.6 Å². The summed E-state index contributed by atoms with van der Waals surface area (Å²) in [5.74, 6) is -0.977. The summed E-state index contributed by atoms with van der Waals surface area (Å²) in [5, 5.41) is 0.721. The molecule has 0 bridgehead atoms. The third kappa shape index (κ3) is 3.45. The highest BCUT2D eigenvalue weighted by Gasteiger charge is 2.35. The predicted molar refractivity (Wildman–Crippen MR) is 100 cm³/mol. The first-order chi connectivity index (χ1) is 13.3. The first kappa shape index (κ1) is 18.4. The predicted octanol–water partition coefficient (Wildman–Crippen LogP) is 4.26. The van der Waals surface area contributed by atoms with E-state index in [2.05, 4.69) is 15.0 Å². The summed E-state index contributed by atoms with van der Waals surface area (Å²) in [5.41, 5.74) is 1.80. The number of rotatable bonds is 3. The number of pyridine rings is 1. The maximum absolute atomic E-state index is 13.1. The van der Waals surface area contributed by atoms with Crippen molar-refractivity contribution >= 4 is 28.3 Å². The molecule has 0 spiro atoms. The molecule has 0 aliphatic carbocycles. The molecule has 3 heterocycles. The van der Waals surface area contributed by atoms with Gasteiger partial charge >= 0.3 is 6.18 Å². The number of hydrogen-bond acceptors (Lipinski definition) is 5. The summed E-state index contributed by atoms with van der Waals surface area (Å²) in [4.78, 5) is 24.1. The quantitative estimate of drug-likeness (QED) is 0.379. The third-order valence-electron chi connectivity index (χ3n) is 4.12. The van der Waals surface area contributed by atoms with Crippen LogP contribution in [0, 0.1) is 6.92 Å². The Morgan fingerprint density at radius 3 is 2.64 bits per heavy atom. The highest BCUT2D eigenvalue weighted by molar-refractivity contribution is 7.98. The van der Waals surface area contributed by atoms with Gasteiger partial charge in [0.15, 0.2) is 0 Å². The molecule has 4 rings (SSSR count). The molecule has 0 saturated carbocycles. The van der Waals surface area contributed by atoms with Gasteiger partial charge in [-0.2, -0.15) is 13.2 Å². The second-order valence-electron chi connectivity index (χ2n) is 6.13. The van der Waals surface area contributed by atoms with E-state index in [-0.39, 0.29) is 21.9 Å². The van der Waals surface area contributed by atoms with Gasteiger partial charge in [-0.3, -0.25) is 9.20 Å². The van der Waals surface area contributed by atoms with Gasteiger partial charge in [0.2, 0.25) is 5.82 Å². The number of benzene rings is 1. The SMILES string of the molecule is Cc1cccn2c(=O)cc(CSc3nc(C(F)(F)F)nc4ccccc34)nc12. The number of nitrogens with zero attached hydrogens (tertiary/aromatic N) is 4. The lowest BCUT2D eigenvalue weighted by molar-refractivity contribution is -0.145. The molecule has 5 nitrogen and oxygen atoms in total. The Morgan fingerprint density at radius 2 is 1.86 bits per heavy atom. The van der Waals surface area contributed by atoms with Crippen molar-refractivity contribution in [3.63, 3.8) is 0 Å². The number of para-hydroxylation sites is 1. The second kappa shape index (κ2) is 6.90. The number of aromatic nitrogens is 4. The van der Waals surface area contributed by atoms with Crippen LogP contribution in [-0.4, -0.2) is 19.4 Å². The molecule has 0 N–H and O–H groups in total. The second-order valence-corrected chi connectivity index (χ2v) is 7.09. The van der Waals surface area contributed by atoms with Crippen LogP contribution < -0.4 is 5.56 Å². The van der Waals surface area contributed by atoms with Crippen molar-refractivity contribution < 1.29 is 13.2 Å². The van der Waals surface area contributed by atoms with Crippen LogP contribution in [0.1, 0.15) is 17.1 Å². The Balaban J connectivity index is 1.74. The number of hydrogen-bond donors (Lipinski definition) is 0. The van der Waals surface area contributed by atoms with Crippen molar-refractivity contribution in [2.24, 2.45) is 0 Å². The Morgan fingerprint density at radius 1 is 1.07 bits per heavy atom. The van der Waals surface area contributed by atoms with Gasteiger partial charge in [0.05, 0.1) is 11.2 Å². The summed E-state index contributed by atoms with van der Waals surface area (Å²) in [6.07, 6.45) is -3.02. The van der Waals surface area contributed by atoms with Crippen LogP contribution in [0.3, 0.4) is 0 Å². The standard InChI is InChI=1S/C19H13F3N4OS/c1-11-5-4-8-26-15(27)9-12(23-16(11)26)10-28-17-13-6-2-3-7-14(13)24-18(25-17)19(20,21)22/h2-9H,10H2,1H3. The van der Waals surface area contributed by atoms with E-state index in [4.69, 9.17) is 0 Å². The van der Waals surface area contributed by atoms with Crippen LogP contribution in [0.4, 0.5) is 13.2 Å². The van der Waals surface area contributed by atoms with Crippen LogP contribution in [0.25, 0.3) is 16.6 Å². The molecule has 0 atom stereocenters. The van der Waals surface area contributed by atoms with E-state index in [1.807, 2.05) is 13.0 Å². The fourth-order valence-electron chi connectivity index (χ4n) is 2.81. The van der Waals surface area contributed by atoms with E-state index < -0.39 is 12.0 Å². The summed E-state index contributed by atoms with van der Waals surface area (Å²) in [7, 11) is 0. The maximum Gasteiger partial charge on any atom is 0.451 e. The summed E-state index contributed by atoms with van der Waals surface area (Å²) < 4.78 is 40.9. The van der Waals surface area contributed by atoms with Gasteiger partial charge < -0.3 is 0 Å². The molecular formula is C19H13F3N4OS. The van der Waals surface area contributed by atoms with Gasteiger partial charge in [-0.25, -0.2) is 15.0 Å². The normalized spacial score (nSPS) is 12.0. The third-order valence-corrected chi connectivity index (χ3v) is 5.14. The Kier molecular flexibility index (Phi) is 4.54. The van der Waals surface area contributed by atoms with E-state index in [9.17, 15) is 18.0 Å². The minimum atomic E-state index is -4.64. The van der Waals surface area contributed by atoms with Crippen LogP contribution >= 0.6 is 11.8 Å². The van der Waals surface area contributed by atoms with Gasteiger partial charge in [0, 0.05) is 23.4 Å². The number of fused-ring (bicyclic) bond motifs is 2. The van der Waals surface area contributed by atoms with Crippen LogP contribution in [0.15, 0.2) is 58.5 Å². The summed E-state index contributed by atoms with van der Waals surface area (Å²) >= 11 is 1.09. The molecule has 0 radical (unpaired) electrons. The molecule has 0 saturated heterocycles. The van der Waals surface area contributed by atoms with Gasteiger partial charge in [0.1, 0.15) is 10.7 Å². The number of thioether (sulfide) groups is 1. The molecule has 0 aliphatic heterocycles. The minimum Gasteiger partial charge on any atom is -0.269 e. The molecule has 1 aromatic carbocycles. The molecule has 3 aromatic heterocycles. The maximum atomic E-state index is 13.1. The summed E-state index contributed by atoms with van der Waals surface area (Å²) in [6.45, 7) is 1.84. The average molecular weight is 402 g/mol. The minimum absolute atomic E-state index is 0.199. The van der Waals surface area contributed by atoms with Crippen molar-refractivity contribution in [2.75, 3.05) is 0 Å². The Hall–Kier alpha value is -2.94. The van der Waals surface area contributed by atoms with E-state index in [0.717, 1.165) is 17.3 Å². The molecule has 28 heavy (non-hydrogen) atoms. The zero-order chi connectivity index (χ0) is 19.9. The fourth-order valence-corrected chi connectivity index (χ4v) is 3.72. The van der Waals surface area contributed by atoms with Crippen molar-refractivity contribution in [1.82, 2.24) is 19.4 Å². The molecule has 9 heteroatoms. The zero-order valence-electron chi connectivity index (χ0n) is 14.6. The summed E-state index contributed by atoms with van der Waals surface area (Å²) in [6, 6.07) is 11.5. The highest BCUT2D eigenvalue weighted by Crippen LogP contribution is 2.33. The van der Waals surface area contributed by atoms with Crippen molar-refractivity contribution in [3.8, 4) is 0 Å².